The second-order valence-corrected chi connectivity index (χ2v) is 10.4. The van der Waals surface area contributed by atoms with E-state index in [0.29, 0.717) is 10.8 Å². The number of hydrogen-bond donors (Lipinski definition) is 2. The first-order valence-corrected chi connectivity index (χ1v) is 13.3. The summed E-state index contributed by atoms with van der Waals surface area (Å²) in [4.78, 5) is 18.8. The lowest BCUT2D eigenvalue weighted by Crippen LogP contribution is -2.29. The predicted molar refractivity (Wildman–Crippen MR) is 160 cm³/mol. The van der Waals surface area contributed by atoms with E-state index in [9.17, 15) is 4.79 Å². The van der Waals surface area contributed by atoms with Crippen molar-refractivity contribution >= 4 is 34.6 Å². The molecular weight excluding hydrogens is 506 g/mol. The molecule has 0 radical (unpaired) electrons. The van der Waals surface area contributed by atoms with Gasteiger partial charge in [-0.3, -0.25) is 9.78 Å². The van der Waals surface area contributed by atoms with Gasteiger partial charge in [0.05, 0.1) is 17.8 Å². The lowest BCUT2D eigenvalue weighted by atomic mass is 9.96. The third kappa shape index (κ3) is 5.17. The number of hydrogen-bond acceptors (Lipinski definition) is 4. The molecular formula is C31H33N5O2S. The number of benzene rings is 2. The number of thiocarbonyl (C=S) groups is 1. The second kappa shape index (κ2) is 11.0. The summed E-state index contributed by atoms with van der Waals surface area (Å²) >= 11 is 5.92. The van der Waals surface area contributed by atoms with E-state index in [1.807, 2.05) is 48.7 Å². The summed E-state index contributed by atoms with van der Waals surface area (Å²) < 4.78 is 7.26. The lowest BCUT2D eigenvalue weighted by molar-refractivity contribution is -0.119. The summed E-state index contributed by atoms with van der Waals surface area (Å²) in [5.74, 6) is -0.199. The van der Waals surface area contributed by atoms with E-state index in [4.69, 9.17) is 21.9 Å². The number of nitrogens with one attached hydrogen (secondary N) is 2. The Labute approximate surface area is 234 Å². The fraction of sp³-hybridized carbons (Fsp3) is 0.258. The number of pyridine rings is 1. The van der Waals surface area contributed by atoms with Gasteiger partial charge in [0.1, 0.15) is 6.61 Å². The van der Waals surface area contributed by atoms with Crippen LogP contribution in [0.1, 0.15) is 45.9 Å². The smallest absolute Gasteiger partial charge is 0.250 e. The van der Waals surface area contributed by atoms with Gasteiger partial charge in [-0.25, -0.2) is 0 Å². The Hall–Kier alpha value is -4.01. The van der Waals surface area contributed by atoms with Crippen molar-refractivity contribution in [2.45, 2.75) is 39.8 Å². The van der Waals surface area contributed by atoms with E-state index in [1.165, 1.54) is 29.5 Å². The van der Waals surface area contributed by atoms with Crippen molar-refractivity contribution in [3.05, 3.63) is 107 Å². The number of anilines is 2. The van der Waals surface area contributed by atoms with Crippen molar-refractivity contribution in [3.63, 3.8) is 0 Å². The monoisotopic (exact) mass is 539 g/mol. The van der Waals surface area contributed by atoms with Crippen molar-refractivity contribution in [2.24, 2.45) is 0 Å². The van der Waals surface area contributed by atoms with Crippen LogP contribution in [0.3, 0.4) is 0 Å². The average Bonchev–Trinajstić information content (AvgIpc) is 3.41. The maximum absolute atomic E-state index is 12.0. The van der Waals surface area contributed by atoms with Crippen LogP contribution in [0.25, 0.3) is 5.69 Å². The Kier molecular flexibility index (Phi) is 7.50. The molecule has 2 aromatic heterocycles. The minimum Gasteiger partial charge on any atom is -0.375 e. The molecule has 0 saturated carbocycles. The Balaban J connectivity index is 1.60. The number of methoxy groups -OCH3 is 1. The fourth-order valence-electron chi connectivity index (χ4n) is 5.40. The topological polar surface area (TPSA) is 71.4 Å². The molecule has 1 amide bonds. The van der Waals surface area contributed by atoms with Gasteiger partial charge < -0.3 is 24.8 Å². The van der Waals surface area contributed by atoms with Crippen LogP contribution in [-0.4, -0.2) is 34.3 Å². The molecule has 0 bridgehead atoms. The molecule has 0 unspecified atom stereocenters. The molecule has 39 heavy (non-hydrogen) atoms. The number of aryl methyl sites for hydroxylation is 3. The van der Waals surface area contributed by atoms with Crippen LogP contribution in [0, 0.1) is 27.7 Å². The minimum absolute atomic E-state index is 0.00570. The molecule has 0 spiro atoms. The molecule has 8 heteroatoms. The number of rotatable bonds is 7. The summed E-state index contributed by atoms with van der Waals surface area (Å²) in [6.07, 6.45) is 1.82. The predicted octanol–water partition coefficient (Wildman–Crippen LogP) is 5.87. The van der Waals surface area contributed by atoms with Crippen LogP contribution in [-0.2, 0) is 9.53 Å². The van der Waals surface area contributed by atoms with Gasteiger partial charge in [0.25, 0.3) is 0 Å². The number of nitrogens with zero attached hydrogens (tertiary/aromatic N) is 3. The van der Waals surface area contributed by atoms with Gasteiger partial charge in [0, 0.05) is 41.8 Å². The van der Waals surface area contributed by atoms with Crippen LogP contribution < -0.4 is 15.5 Å². The van der Waals surface area contributed by atoms with Crippen molar-refractivity contribution in [2.75, 3.05) is 23.9 Å². The van der Waals surface area contributed by atoms with Gasteiger partial charge in [-0.05, 0) is 105 Å². The second-order valence-electron chi connectivity index (χ2n) is 9.98. The molecule has 1 saturated heterocycles. The van der Waals surface area contributed by atoms with Crippen molar-refractivity contribution < 1.29 is 9.53 Å². The minimum atomic E-state index is -0.199. The van der Waals surface area contributed by atoms with E-state index >= 15 is 0 Å². The Morgan fingerprint density at radius 2 is 1.82 bits per heavy atom. The van der Waals surface area contributed by atoms with Gasteiger partial charge in [0.2, 0.25) is 5.91 Å². The third-order valence-corrected chi connectivity index (χ3v) is 7.51. The number of ether oxygens (including phenoxy) is 1. The van der Waals surface area contributed by atoms with Gasteiger partial charge in [0.15, 0.2) is 5.11 Å². The highest BCUT2D eigenvalue weighted by Crippen LogP contribution is 2.44. The molecule has 200 valence electrons. The Bertz CT molecular complexity index is 1510. The highest BCUT2D eigenvalue weighted by molar-refractivity contribution is 7.80. The van der Waals surface area contributed by atoms with Crippen LogP contribution in [0.2, 0.25) is 0 Å². The first-order chi connectivity index (χ1) is 18.8. The van der Waals surface area contributed by atoms with Gasteiger partial charge in [-0.15, -0.1) is 0 Å². The SMILES string of the molecule is COCC(=O)Nc1ccc(N2C(=S)N[C@H](c3ccccn3)[C@H]2c2cc(C)n(-c3cc(C)ccc3C)c2C)cc1. The molecule has 1 aliphatic rings. The normalized spacial score (nSPS) is 16.8. The van der Waals surface area contributed by atoms with Crippen LogP contribution in [0.4, 0.5) is 11.4 Å². The van der Waals surface area contributed by atoms with Crippen LogP contribution in [0.15, 0.2) is 72.9 Å². The zero-order chi connectivity index (χ0) is 27.7. The molecule has 2 N–H and O–H groups in total. The van der Waals surface area contributed by atoms with E-state index in [1.54, 1.807) is 0 Å². The zero-order valence-electron chi connectivity index (χ0n) is 22.9. The molecule has 1 aliphatic heterocycles. The van der Waals surface area contributed by atoms with Crippen LogP contribution in [0.5, 0.6) is 0 Å². The van der Waals surface area contributed by atoms with Gasteiger partial charge in [-0.2, -0.15) is 0 Å². The first-order valence-electron chi connectivity index (χ1n) is 12.9. The molecule has 2 aromatic carbocycles. The van der Waals surface area contributed by atoms with Gasteiger partial charge in [-0.1, -0.05) is 18.2 Å². The van der Waals surface area contributed by atoms with Crippen LogP contribution >= 0.6 is 12.2 Å². The molecule has 2 atom stereocenters. The van der Waals surface area contributed by atoms with E-state index in [0.717, 1.165) is 22.8 Å². The fourth-order valence-corrected chi connectivity index (χ4v) is 5.75. The maximum Gasteiger partial charge on any atom is 0.250 e. The quantitative estimate of drug-likeness (QED) is 0.286. The average molecular weight is 540 g/mol. The van der Waals surface area contributed by atoms with Crippen molar-refractivity contribution in [1.82, 2.24) is 14.9 Å². The Morgan fingerprint density at radius 1 is 1.05 bits per heavy atom. The molecule has 7 nitrogen and oxygen atoms in total. The molecule has 1 fully saturated rings. The summed E-state index contributed by atoms with van der Waals surface area (Å²) in [5.41, 5.74) is 9.67. The number of carbonyl (C=O) groups is 1. The number of aromatic nitrogens is 2. The van der Waals surface area contributed by atoms with E-state index in [2.05, 4.69) is 72.1 Å². The molecule has 5 rings (SSSR count). The summed E-state index contributed by atoms with van der Waals surface area (Å²) in [5, 5.41) is 7.03. The van der Waals surface area contributed by atoms with E-state index < -0.39 is 0 Å². The van der Waals surface area contributed by atoms with E-state index in [-0.39, 0.29) is 24.6 Å². The number of carbonyl (C=O) groups excluding carboxylic acids is 1. The highest BCUT2D eigenvalue weighted by atomic mass is 32.1. The molecule has 3 heterocycles. The molecule has 0 aliphatic carbocycles. The summed E-state index contributed by atoms with van der Waals surface area (Å²) in [6.45, 7) is 8.60. The Morgan fingerprint density at radius 3 is 2.51 bits per heavy atom. The summed E-state index contributed by atoms with van der Waals surface area (Å²) in [6, 6.07) is 22.2. The lowest BCUT2D eigenvalue weighted by Gasteiger charge is -2.28. The van der Waals surface area contributed by atoms with Crippen molar-refractivity contribution in [3.8, 4) is 5.69 Å². The number of amides is 1. The van der Waals surface area contributed by atoms with Gasteiger partial charge >= 0.3 is 0 Å². The first kappa shape index (κ1) is 26.6. The molecule has 4 aromatic rings. The maximum atomic E-state index is 12.0. The van der Waals surface area contributed by atoms with Crippen molar-refractivity contribution in [1.29, 1.82) is 0 Å². The third-order valence-electron chi connectivity index (χ3n) is 7.20. The largest absolute Gasteiger partial charge is 0.375 e. The highest BCUT2D eigenvalue weighted by Gasteiger charge is 2.42. The summed E-state index contributed by atoms with van der Waals surface area (Å²) in [7, 11) is 1.50. The zero-order valence-corrected chi connectivity index (χ0v) is 23.7. The standard InChI is InChI=1S/C31H33N5O2S/c1-19-9-10-20(2)27(16-19)35-21(3)17-25(22(35)4)30-29(26-8-6-7-15-32-26)34-31(39)36(30)24-13-11-23(12-14-24)33-28(37)18-38-5/h6-17,29-30H,18H2,1-5H3,(H,33,37)(H,34,39)/t29-,30-/m1/s1.